The van der Waals surface area contributed by atoms with E-state index in [0.29, 0.717) is 10.6 Å². The SMILES string of the molecule is Cc1cc(I)ccc1NS(=O)(=O)c1cccc2ccccc12. The van der Waals surface area contributed by atoms with Crippen LogP contribution in [0.15, 0.2) is 65.6 Å². The Morgan fingerprint density at radius 3 is 2.45 bits per heavy atom. The van der Waals surface area contributed by atoms with Crippen molar-refractivity contribution in [2.24, 2.45) is 0 Å². The summed E-state index contributed by atoms with van der Waals surface area (Å²) in [7, 11) is -3.63. The molecule has 3 nitrogen and oxygen atoms in total. The molecule has 0 aliphatic rings. The smallest absolute Gasteiger partial charge is 0.262 e. The molecular weight excluding hydrogens is 409 g/mol. The summed E-state index contributed by atoms with van der Waals surface area (Å²) in [6, 6.07) is 18.4. The maximum absolute atomic E-state index is 12.7. The molecule has 0 radical (unpaired) electrons. The van der Waals surface area contributed by atoms with Gasteiger partial charge in [0.15, 0.2) is 0 Å². The molecule has 112 valence electrons. The summed E-state index contributed by atoms with van der Waals surface area (Å²) in [5, 5.41) is 1.63. The molecule has 0 atom stereocenters. The maximum atomic E-state index is 12.7. The van der Waals surface area contributed by atoms with Crippen LogP contribution in [0.1, 0.15) is 5.56 Å². The maximum Gasteiger partial charge on any atom is 0.262 e. The molecule has 3 aromatic carbocycles. The zero-order valence-electron chi connectivity index (χ0n) is 11.9. The summed E-state index contributed by atoms with van der Waals surface area (Å²) in [5.74, 6) is 0. The van der Waals surface area contributed by atoms with Crippen LogP contribution in [0.3, 0.4) is 0 Å². The van der Waals surface area contributed by atoms with Crippen LogP contribution in [0.5, 0.6) is 0 Å². The minimum atomic E-state index is -3.63. The third kappa shape index (κ3) is 2.96. The lowest BCUT2D eigenvalue weighted by Gasteiger charge is -2.12. The highest BCUT2D eigenvalue weighted by atomic mass is 127. The fourth-order valence-electron chi connectivity index (χ4n) is 2.37. The van der Waals surface area contributed by atoms with Crippen LogP contribution < -0.4 is 4.72 Å². The zero-order valence-corrected chi connectivity index (χ0v) is 14.9. The van der Waals surface area contributed by atoms with Gasteiger partial charge in [0, 0.05) is 8.96 Å². The first-order valence-electron chi connectivity index (χ1n) is 6.74. The van der Waals surface area contributed by atoms with Gasteiger partial charge >= 0.3 is 0 Å². The molecule has 0 bridgehead atoms. The Morgan fingerprint density at radius 1 is 0.955 bits per heavy atom. The van der Waals surface area contributed by atoms with Crippen molar-refractivity contribution in [2.75, 3.05) is 4.72 Å². The fourth-order valence-corrected chi connectivity index (χ4v) is 4.38. The summed E-state index contributed by atoms with van der Waals surface area (Å²) in [6.45, 7) is 1.89. The number of aryl methyl sites for hydroxylation is 1. The van der Waals surface area contributed by atoms with Crippen LogP contribution in [-0.2, 0) is 10.0 Å². The Balaban J connectivity index is 2.09. The van der Waals surface area contributed by atoms with E-state index >= 15 is 0 Å². The molecule has 3 rings (SSSR count). The van der Waals surface area contributed by atoms with E-state index in [9.17, 15) is 8.42 Å². The van der Waals surface area contributed by atoms with Gasteiger partial charge in [-0.25, -0.2) is 8.42 Å². The van der Waals surface area contributed by atoms with E-state index in [1.165, 1.54) is 0 Å². The van der Waals surface area contributed by atoms with Crippen LogP contribution in [0.2, 0.25) is 0 Å². The Bertz CT molecular complexity index is 947. The third-order valence-corrected chi connectivity index (χ3v) is 5.57. The molecule has 0 heterocycles. The number of fused-ring (bicyclic) bond motifs is 1. The summed E-state index contributed by atoms with van der Waals surface area (Å²) < 4.78 is 29.2. The topological polar surface area (TPSA) is 46.2 Å². The lowest BCUT2D eigenvalue weighted by atomic mass is 10.1. The van der Waals surface area contributed by atoms with Crippen molar-refractivity contribution in [3.05, 3.63) is 69.8 Å². The first-order chi connectivity index (χ1) is 10.5. The molecule has 3 aromatic rings. The van der Waals surface area contributed by atoms with Crippen LogP contribution in [0.4, 0.5) is 5.69 Å². The fraction of sp³-hybridized carbons (Fsp3) is 0.0588. The van der Waals surface area contributed by atoms with Crippen molar-refractivity contribution in [1.82, 2.24) is 0 Å². The van der Waals surface area contributed by atoms with Crippen molar-refractivity contribution >= 4 is 49.1 Å². The first kappa shape index (κ1) is 15.3. The molecule has 0 aliphatic heterocycles. The Kier molecular flexibility index (Phi) is 4.10. The molecule has 0 unspecified atom stereocenters. The number of nitrogens with one attached hydrogen (secondary N) is 1. The highest BCUT2D eigenvalue weighted by molar-refractivity contribution is 14.1. The predicted molar refractivity (Wildman–Crippen MR) is 98.7 cm³/mol. The molecule has 0 saturated heterocycles. The molecule has 0 fully saturated rings. The molecule has 0 amide bonds. The lowest BCUT2D eigenvalue weighted by molar-refractivity contribution is 0.602. The number of rotatable bonds is 3. The van der Waals surface area contributed by atoms with E-state index in [2.05, 4.69) is 27.3 Å². The van der Waals surface area contributed by atoms with E-state index < -0.39 is 10.0 Å². The number of halogens is 1. The second kappa shape index (κ2) is 5.89. The summed E-state index contributed by atoms with van der Waals surface area (Å²) in [4.78, 5) is 0.295. The minimum absolute atomic E-state index is 0.295. The van der Waals surface area contributed by atoms with Gasteiger partial charge < -0.3 is 0 Å². The van der Waals surface area contributed by atoms with Crippen molar-refractivity contribution in [3.63, 3.8) is 0 Å². The molecule has 22 heavy (non-hydrogen) atoms. The van der Waals surface area contributed by atoms with Gasteiger partial charge in [-0.15, -0.1) is 0 Å². The molecule has 0 aliphatic carbocycles. The van der Waals surface area contributed by atoms with E-state index in [1.54, 1.807) is 18.2 Å². The van der Waals surface area contributed by atoms with Gasteiger partial charge in [0.25, 0.3) is 10.0 Å². The van der Waals surface area contributed by atoms with Gasteiger partial charge in [-0.05, 0) is 64.7 Å². The number of hydrogen-bond acceptors (Lipinski definition) is 2. The van der Waals surface area contributed by atoms with E-state index in [0.717, 1.165) is 19.9 Å². The number of anilines is 1. The highest BCUT2D eigenvalue weighted by Crippen LogP contribution is 2.26. The van der Waals surface area contributed by atoms with Gasteiger partial charge in [-0.3, -0.25) is 4.72 Å². The van der Waals surface area contributed by atoms with Crippen LogP contribution in [0.25, 0.3) is 10.8 Å². The average Bonchev–Trinajstić information content (AvgIpc) is 2.49. The number of sulfonamides is 1. The highest BCUT2D eigenvalue weighted by Gasteiger charge is 2.18. The molecule has 0 spiro atoms. The standard InChI is InChI=1S/C17H14INO2S/c1-12-11-14(18)9-10-16(12)19-22(20,21)17-8-4-6-13-5-2-3-7-15(13)17/h2-11,19H,1H3. The Morgan fingerprint density at radius 2 is 1.68 bits per heavy atom. The van der Waals surface area contributed by atoms with Crippen LogP contribution in [-0.4, -0.2) is 8.42 Å². The molecule has 5 heteroatoms. The van der Waals surface area contributed by atoms with Gasteiger partial charge in [0.1, 0.15) is 0 Å². The van der Waals surface area contributed by atoms with Crippen molar-refractivity contribution in [3.8, 4) is 0 Å². The van der Waals surface area contributed by atoms with Crippen molar-refractivity contribution in [1.29, 1.82) is 0 Å². The first-order valence-corrected chi connectivity index (χ1v) is 9.30. The van der Waals surface area contributed by atoms with Gasteiger partial charge in [0.2, 0.25) is 0 Å². The normalized spacial score (nSPS) is 11.5. The van der Waals surface area contributed by atoms with E-state index in [4.69, 9.17) is 0 Å². The van der Waals surface area contributed by atoms with Gasteiger partial charge in [-0.1, -0.05) is 36.4 Å². The lowest BCUT2D eigenvalue weighted by Crippen LogP contribution is -2.14. The molecule has 0 aromatic heterocycles. The monoisotopic (exact) mass is 423 g/mol. The van der Waals surface area contributed by atoms with Gasteiger partial charge in [0.05, 0.1) is 10.6 Å². The Hall–Kier alpha value is -1.60. The molecule has 0 saturated carbocycles. The van der Waals surface area contributed by atoms with Crippen molar-refractivity contribution in [2.45, 2.75) is 11.8 Å². The van der Waals surface area contributed by atoms with E-state index in [-0.39, 0.29) is 0 Å². The quantitative estimate of drug-likeness (QED) is 0.629. The van der Waals surface area contributed by atoms with Crippen molar-refractivity contribution < 1.29 is 8.42 Å². The third-order valence-electron chi connectivity index (χ3n) is 3.47. The van der Waals surface area contributed by atoms with E-state index in [1.807, 2.05) is 49.4 Å². The van der Waals surface area contributed by atoms with Gasteiger partial charge in [-0.2, -0.15) is 0 Å². The molecular formula is C17H14INO2S. The minimum Gasteiger partial charge on any atom is -0.279 e. The summed E-state index contributed by atoms with van der Waals surface area (Å²) in [5.41, 5.74) is 1.50. The largest absolute Gasteiger partial charge is 0.279 e. The predicted octanol–water partition coefficient (Wildman–Crippen LogP) is 4.55. The second-order valence-electron chi connectivity index (χ2n) is 5.04. The van der Waals surface area contributed by atoms with Crippen LogP contribution in [0, 0.1) is 10.5 Å². The zero-order chi connectivity index (χ0) is 15.7. The average molecular weight is 423 g/mol. The second-order valence-corrected chi connectivity index (χ2v) is 7.94. The summed E-state index contributed by atoms with van der Waals surface area (Å²) >= 11 is 2.21. The summed E-state index contributed by atoms with van der Waals surface area (Å²) in [6.07, 6.45) is 0. The molecule has 1 N–H and O–H groups in total. The number of benzene rings is 3. The van der Waals surface area contributed by atoms with Crippen LogP contribution >= 0.6 is 22.6 Å². The Labute approximate surface area is 143 Å². The number of hydrogen-bond donors (Lipinski definition) is 1.